The number of amides is 1. The summed E-state index contributed by atoms with van der Waals surface area (Å²) in [7, 11) is -4.10. The Bertz CT molecular complexity index is 1590. The first-order chi connectivity index (χ1) is 19.7. The second kappa shape index (κ2) is 14.1. The number of halogens is 1. The van der Waals surface area contributed by atoms with Crippen LogP contribution in [0.4, 0.5) is 0 Å². The van der Waals surface area contributed by atoms with Crippen molar-refractivity contribution in [3.8, 4) is 17.2 Å². The molecule has 1 amide bonds. The summed E-state index contributed by atoms with van der Waals surface area (Å²) in [6.07, 6.45) is -0.636. The summed E-state index contributed by atoms with van der Waals surface area (Å²) in [5.41, 5.74) is 3.39. The van der Waals surface area contributed by atoms with Crippen LogP contribution in [0.25, 0.3) is 11.1 Å². The van der Waals surface area contributed by atoms with Gasteiger partial charge in [-0.3, -0.25) is 4.79 Å². The Labute approximate surface area is 245 Å². The van der Waals surface area contributed by atoms with E-state index in [4.69, 9.17) is 16.3 Å². The van der Waals surface area contributed by atoms with Crippen molar-refractivity contribution in [3.05, 3.63) is 125 Å². The van der Waals surface area contributed by atoms with Crippen molar-refractivity contribution in [2.75, 3.05) is 0 Å². The fraction of sp³-hybridized carbons (Fsp3) is 0.188. The van der Waals surface area contributed by atoms with Crippen LogP contribution in [0.3, 0.4) is 0 Å². The first-order valence-electron chi connectivity index (χ1n) is 13.0. The maximum absolute atomic E-state index is 13.5. The highest BCUT2D eigenvalue weighted by Crippen LogP contribution is 2.22. The molecule has 0 bridgehead atoms. The lowest BCUT2D eigenvalue weighted by Crippen LogP contribution is -2.52. The standard InChI is InChI=1S/C32H30ClN3O4S/c1-23(40-22-24-9-4-2-5-10-24)31(21-34)35-32(37)30(20-25-11-8-14-28(33)19-25)36-41(38,39)29-17-15-27(16-18-29)26-12-6-3-7-13-26/h2-19,23,30-31,36H,20,22H2,1H3,(H,35,37)/t23-,30+,31-/m1/s1. The Morgan fingerprint density at radius 3 is 2.12 bits per heavy atom. The highest BCUT2D eigenvalue weighted by atomic mass is 35.5. The summed E-state index contributed by atoms with van der Waals surface area (Å²) in [6.45, 7) is 1.94. The van der Waals surface area contributed by atoms with Gasteiger partial charge in [-0.25, -0.2) is 8.42 Å². The topological polar surface area (TPSA) is 108 Å². The van der Waals surface area contributed by atoms with E-state index in [-0.39, 0.29) is 17.9 Å². The van der Waals surface area contributed by atoms with E-state index < -0.39 is 34.1 Å². The zero-order valence-corrected chi connectivity index (χ0v) is 24.0. The van der Waals surface area contributed by atoms with Crippen LogP contribution >= 0.6 is 11.6 Å². The molecule has 4 aromatic carbocycles. The summed E-state index contributed by atoms with van der Waals surface area (Å²) in [5.74, 6) is -0.656. The molecule has 0 aromatic heterocycles. The van der Waals surface area contributed by atoms with Gasteiger partial charge in [-0.05, 0) is 59.9 Å². The molecule has 0 radical (unpaired) electrons. The van der Waals surface area contributed by atoms with Crippen molar-refractivity contribution in [2.24, 2.45) is 0 Å². The van der Waals surface area contributed by atoms with Crippen LogP contribution in [-0.4, -0.2) is 32.5 Å². The zero-order chi connectivity index (χ0) is 29.2. The molecule has 0 aliphatic heterocycles. The molecule has 0 heterocycles. The normalized spacial score (nSPS) is 13.5. The number of rotatable bonds is 12. The summed E-state index contributed by atoms with van der Waals surface area (Å²) in [6, 6.07) is 32.1. The van der Waals surface area contributed by atoms with Gasteiger partial charge in [-0.15, -0.1) is 0 Å². The molecule has 0 aliphatic carbocycles. The lowest BCUT2D eigenvalue weighted by molar-refractivity contribution is -0.124. The maximum Gasteiger partial charge on any atom is 0.241 e. The number of nitrogens with one attached hydrogen (secondary N) is 2. The molecule has 7 nitrogen and oxygen atoms in total. The lowest BCUT2D eigenvalue weighted by atomic mass is 10.1. The highest BCUT2D eigenvalue weighted by Gasteiger charge is 2.29. The van der Waals surface area contributed by atoms with Crippen LogP contribution in [0.15, 0.2) is 114 Å². The van der Waals surface area contributed by atoms with Gasteiger partial charge in [-0.1, -0.05) is 96.5 Å². The molecular weight excluding hydrogens is 558 g/mol. The van der Waals surface area contributed by atoms with Crippen LogP contribution < -0.4 is 10.0 Å². The number of nitrogens with zero attached hydrogens (tertiary/aromatic N) is 1. The molecule has 0 saturated carbocycles. The summed E-state index contributed by atoms with van der Waals surface area (Å²) in [5, 5.41) is 12.9. The molecule has 0 saturated heterocycles. The molecule has 4 aromatic rings. The van der Waals surface area contributed by atoms with Gasteiger partial charge < -0.3 is 10.1 Å². The van der Waals surface area contributed by atoms with Crippen molar-refractivity contribution >= 4 is 27.5 Å². The fourth-order valence-electron chi connectivity index (χ4n) is 4.21. The number of nitriles is 1. The Morgan fingerprint density at radius 1 is 0.878 bits per heavy atom. The van der Waals surface area contributed by atoms with Gasteiger partial charge in [0.1, 0.15) is 12.1 Å². The van der Waals surface area contributed by atoms with E-state index in [0.29, 0.717) is 10.6 Å². The minimum atomic E-state index is -4.10. The number of hydrogen-bond donors (Lipinski definition) is 2. The van der Waals surface area contributed by atoms with Gasteiger partial charge in [0.05, 0.1) is 23.7 Å². The monoisotopic (exact) mass is 587 g/mol. The van der Waals surface area contributed by atoms with Crippen molar-refractivity contribution in [1.82, 2.24) is 10.0 Å². The number of carbonyl (C=O) groups is 1. The molecular formula is C32H30ClN3O4S. The van der Waals surface area contributed by atoms with E-state index in [0.717, 1.165) is 16.7 Å². The van der Waals surface area contributed by atoms with Crippen LogP contribution in [0.5, 0.6) is 0 Å². The zero-order valence-electron chi connectivity index (χ0n) is 22.4. The molecule has 210 valence electrons. The second-order valence-electron chi connectivity index (χ2n) is 9.52. The van der Waals surface area contributed by atoms with Crippen molar-refractivity contribution in [1.29, 1.82) is 5.26 Å². The van der Waals surface area contributed by atoms with Gasteiger partial charge in [0.2, 0.25) is 15.9 Å². The number of carbonyl (C=O) groups excluding carboxylic acids is 1. The van der Waals surface area contributed by atoms with E-state index in [1.165, 1.54) is 12.1 Å². The number of ether oxygens (including phenoxy) is 1. The summed E-state index contributed by atoms with van der Waals surface area (Å²) in [4.78, 5) is 13.5. The second-order valence-corrected chi connectivity index (χ2v) is 11.7. The smallest absolute Gasteiger partial charge is 0.241 e. The average molecular weight is 588 g/mol. The summed E-state index contributed by atoms with van der Waals surface area (Å²) >= 11 is 6.14. The molecule has 0 fully saturated rings. The number of sulfonamides is 1. The Kier molecular flexibility index (Phi) is 10.3. The molecule has 0 spiro atoms. The molecule has 0 unspecified atom stereocenters. The van der Waals surface area contributed by atoms with Crippen LogP contribution in [0.1, 0.15) is 18.1 Å². The largest absolute Gasteiger partial charge is 0.371 e. The molecule has 9 heteroatoms. The van der Waals surface area contributed by atoms with Gasteiger partial charge in [0, 0.05) is 5.02 Å². The Balaban J connectivity index is 1.51. The third-order valence-corrected chi connectivity index (χ3v) is 8.20. The highest BCUT2D eigenvalue weighted by molar-refractivity contribution is 7.89. The summed E-state index contributed by atoms with van der Waals surface area (Å²) < 4.78 is 35.1. The van der Waals surface area contributed by atoms with Crippen LogP contribution in [0, 0.1) is 11.3 Å². The number of benzene rings is 4. The molecule has 2 N–H and O–H groups in total. The van der Waals surface area contributed by atoms with Crippen molar-refractivity contribution < 1.29 is 17.9 Å². The van der Waals surface area contributed by atoms with Gasteiger partial charge in [0.25, 0.3) is 0 Å². The first kappa shape index (κ1) is 30.0. The van der Waals surface area contributed by atoms with Gasteiger partial charge in [0.15, 0.2) is 0 Å². The van der Waals surface area contributed by atoms with Crippen LogP contribution in [0.2, 0.25) is 5.02 Å². The molecule has 3 atom stereocenters. The average Bonchev–Trinajstić information content (AvgIpc) is 2.99. The lowest BCUT2D eigenvalue weighted by Gasteiger charge is -2.24. The Morgan fingerprint density at radius 2 is 1.49 bits per heavy atom. The van der Waals surface area contributed by atoms with E-state index >= 15 is 0 Å². The third kappa shape index (κ3) is 8.49. The predicted octanol–water partition coefficient (Wildman–Crippen LogP) is 5.51. The SMILES string of the molecule is C[C@@H](OCc1ccccc1)[C@@H](C#N)NC(=O)[C@H](Cc1cccc(Cl)c1)NS(=O)(=O)c1ccc(-c2ccccc2)cc1. The Hall–Kier alpha value is -4.00. The minimum absolute atomic E-state index is 0.0115. The van der Waals surface area contributed by atoms with Gasteiger partial charge >= 0.3 is 0 Å². The minimum Gasteiger partial charge on any atom is -0.371 e. The third-order valence-electron chi connectivity index (χ3n) is 6.48. The quantitative estimate of drug-likeness (QED) is 0.227. The van der Waals surface area contributed by atoms with E-state index in [1.54, 1.807) is 43.3 Å². The molecule has 4 rings (SSSR count). The van der Waals surface area contributed by atoms with Crippen LogP contribution in [-0.2, 0) is 32.6 Å². The number of hydrogen-bond acceptors (Lipinski definition) is 5. The van der Waals surface area contributed by atoms with Crippen molar-refractivity contribution in [2.45, 2.75) is 43.0 Å². The van der Waals surface area contributed by atoms with Crippen molar-refractivity contribution in [3.63, 3.8) is 0 Å². The van der Waals surface area contributed by atoms with E-state index in [9.17, 15) is 18.5 Å². The fourth-order valence-corrected chi connectivity index (χ4v) is 5.61. The van der Waals surface area contributed by atoms with E-state index in [1.807, 2.05) is 60.7 Å². The predicted molar refractivity (Wildman–Crippen MR) is 159 cm³/mol. The van der Waals surface area contributed by atoms with Gasteiger partial charge in [-0.2, -0.15) is 9.98 Å². The van der Waals surface area contributed by atoms with E-state index in [2.05, 4.69) is 16.1 Å². The molecule has 0 aliphatic rings. The maximum atomic E-state index is 13.5. The first-order valence-corrected chi connectivity index (χ1v) is 14.9. The molecule has 41 heavy (non-hydrogen) atoms.